The molecule has 0 aromatic heterocycles. The van der Waals surface area contributed by atoms with Crippen LogP contribution < -0.4 is 18.9 Å². The quantitative estimate of drug-likeness (QED) is 0.190. The average Bonchev–Trinajstić information content (AvgIpc) is 2.99. The molecule has 0 fully saturated rings. The van der Waals surface area contributed by atoms with Crippen molar-refractivity contribution in [1.29, 1.82) is 0 Å². The van der Waals surface area contributed by atoms with Crippen molar-refractivity contribution in [2.75, 3.05) is 39.6 Å². The Bertz CT molecular complexity index is 1240. The van der Waals surface area contributed by atoms with Crippen LogP contribution in [0.25, 0.3) is 22.3 Å². The molecule has 0 saturated heterocycles. The summed E-state index contributed by atoms with van der Waals surface area (Å²) in [6.45, 7) is 4.00. The SMILES string of the molecule is CC(CCOc1ccc(-c2ccc(OCCO)cc2)cc1)COc1ccc(-c2ccc(OCCO)cc2)cc1. The molecule has 0 aliphatic rings. The Morgan fingerprint density at radius 3 is 1.10 bits per heavy atom. The van der Waals surface area contributed by atoms with E-state index in [1.807, 2.05) is 72.8 Å². The van der Waals surface area contributed by atoms with Crippen LogP contribution in [0, 0.1) is 5.92 Å². The van der Waals surface area contributed by atoms with Gasteiger partial charge in [0.25, 0.3) is 0 Å². The Balaban J connectivity index is 1.17. The summed E-state index contributed by atoms with van der Waals surface area (Å²) in [4.78, 5) is 0. The number of aliphatic hydroxyl groups is 2. The lowest BCUT2D eigenvalue weighted by Crippen LogP contribution is -2.12. The fourth-order valence-corrected chi connectivity index (χ4v) is 4.00. The number of rotatable bonds is 15. The van der Waals surface area contributed by atoms with Crippen molar-refractivity contribution in [3.8, 4) is 45.3 Å². The molecule has 6 heteroatoms. The van der Waals surface area contributed by atoms with Gasteiger partial charge in [0.15, 0.2) is 0 Å². The van der Waals surface area contributed by atoms with E-state index in [-0.39, 0.29) is 13.2 Å². The molecule has 6 nitrogen and oxygen atoms in total. The van der Waals surface area contributed by atoms with Crippen LogP contribution in [0.15, 0.2) is 97.1 Å². The summed E-state index contributed by atoms with van der Waals surface area (Å²) in [5.41, 5.74) is 4.40. The van der Waals surface area contributed by atoms with Crippen molar-refractivity contribution in [2.45, 2.75) is 13.3 Å². The van der Waals surface area contributed by atoms with Crippen LogP contribution in [0.2, 0.25) is 0 Å². The smallest absolute Gasteiger partial charge is 0.119 e. The van der Waals surface area contributed by atoms with Gasteiger partial charge in [-0.15, -0.1) is 0 Å². The van der Waals surface area contributed by atoms with Crippen LogP contribution in [0.5, 0.6) is 23.0 Å². The lowest BCUT2D eigenvalue weighted by molar-refractivity contribution is 0.201. The first kappa shape index (κ1) is 28.0. The summed E-state index contributed by atoms with van der Waals surface area (Å²) in [5.74, 6) is 3.53. The zero-order valence-corrected chi connectivity index (χ0v) is 22.3. The molecule has 0 radical (unpaired) electrons. The molecule has 1 unspecified atom stereocenters. The second-order valence-corrected chi connectivity index (χ2v) is 9.29. The van der Waals surface area contributed by atoms with E-state index in [9.17, 15) is 0 Å². The minimum absolute atomic E-state index is 0.00396. The maximum absolute atomic E-state index is 8.87. The van der Waals surface area contributed by atoms with E-state index in [0.29, 0.717) is 32.3 Å². The van der Waals surface area contributed by atoms with Gasteiger partial charge in [-0.25, -0.2) is 0 Å². The number of hydrogen-bond acceptors (Lipinski definition) is 6. The second kappa shape index (κ2) is 14.8. The number of hydrogen-bond donors (Lipinski definition) is 2. The monoisotopic (exact) mass is 528 g/mol. The van der Waals surface area contributed by atoms with Gasteiger partial charge in [0, 0.05) is 0 Å². The standard InChI is InChI=1S/C33H36O6/c1-25(24-39-33-16-8-29(9-17-33)28-6-14-32(15-7-28)38-23-20-35)18-21-36-30-10-2-26(3-11-30)27-4-12-31(13-5-27)37-22-19-34/h2-17,25,34-35H,18-24H2,1H3. The predicted octanol–water partition coefficient (Wildman–Crippen LogP) is 6.25. The van der Waals surface area contributed by atoms with Crippen LogP contribution in [-0.4, -0.2) is 49.9 Å². The molecule has 4 rings (SSSR count). The van der Waals surface area contributed by atoms with Crippen LogP contribution in [0.3, 0.4) is 0 Å². The van der Waals surface area contributed by atoms with Crippen LogP contribution in [-0.2, 0) is 0 Å². The van der Waals surface area contributed by atoms with E-state index in [1.54, 1.807) is 0 Å². The normalized spacial score (nSPS) is 11.6. The summed E-state index contributed by atoms with van der Waals surface area (Å²) < 4.78 is 22.8. The molecule has 0 heterocycles. The molecular weight excluding hydrogens is 492 g/mol. The Labute approximate surface area is 230 Å². The largest absolute Gasteiger partial charge is 0.494 e. The van der Waals surface area contributed by atoms with E-state index < -0.39 is 0 Å². The molecule has 0 amide bonds. The van der Waals surface area contributed by atoms with Gasteiger partial charge in [0.1, 0.15) is 36.2 Å². The molecule has 204 valence electrons. The molecule has 0 spiro atoms. The third-order valence-corrected chi connectivity index (χ3v) is 6.22. The second-order valence-electron chi connectivity index (χ2n) is 9.29. The topological polar surface area (TPSA) is 77.4 Å². The molecule has 0 aliphatic heterocycles. The highest BCUT2D eigenvalue weighted by Crippen LogP contribution is 2.26. The Morgan fingerprint density at radius 1 is 0.462 bits per heavy atom. The van der Waals surface area contributed by atoms with E-state index >= 15 is 0 Å². The van der Waals surface area contributed by atoms with Crippen molar-refractivity contribution in [3.63, 3.8) is 0 Å². The maximum Gasteiger partial charge on any atom is 0.119 e. The van der Waals surface area contributed by atoms with E-state index in [2.05, 4.69) is 31.2 Å². The fraction of sp³-hybridized carbons (Fsp3) is 0.273. The van der Waals surface area contributed by atoms with Gasteiger partial charge in [-0.05, 0) is 83.1 Å². The van der Waals surface area contributed by atoms with Gasteiger partial charge in [-0.3, -0.25) is 0 Å². The first-order chi connectivity index (χ1) is 19.1. The molecule has 0 aliphatic carbocycles. The van der Waals surface area contributed by atoms with Crippen LogP contribution in [0.4, 0.5) is 0 Å². The predicted molar refractivity (Wildman–Crippen MR) is 154 cm³/mol. The van der Waals surface area contributed by atoms with Gasteiger partial charge < -0.3 is 29.2 Å². The van der Waals surface area contributed by atoms with Gasteiger partial charge >= 0.3 is 0 Å². The average molecular weight is 529 g/mol. The highest BCUT2D eigenvalue weighted by Gasteiger charge is 2.06. The lowest BCUT2D eigenvalue weighted by atomic mass is 10.1. The van der Waals surface area contributed by atoms with Gasteiger partial charge in [-0.2, -0.15) is 0 Å². The van der Waals surface area contributed by atoms with Crippen molar-refractivity contribution in [3.05, 3.63) is 97.1 Å². The molecule has 4 aromatic carbocycles. The highest BCUT2D eigenvalue weighted by atomic mass is 16.5. The number of aliphatic hydroxyl groups excluding tert-OH is 2. The van der Waals surface area contributed by atoms with E-state index in [4.69, 9.17) is 29.2 Å². The summed E-state index contributed by atoms with van der Waals surface area (Å²) in [5, 5.41) is 17.7. The molecule has 2 N–H and O–H groups in total. The summed E-state index contributed by atoms with van der Waals surface area (Å²) >= 11 is 0. The molecular formula is C33H36O6. The third kappa shape index (κ3) is 8.77. The summed E-state index contributed by atoms with van der Waals surface area (Å²) in [6, 6.07) is 31.8. The van der Waals surface area contributed by atoms with Gasteiger partial charge in [0.05, 0.1) is 26.4 Å². The minimum Gasteiger partial charge on any atom is -0.494 e. The first-order valence-corrected chi connectivity index (χ1v) is 13.3. The lowest BCUT2D eigenvalue weighted by Gasteiger charge is -2.14. The van der Waals surface area contributed by atoms with Crippen LogP contribution >= 0.6 is 0 Å². The molecule has 0 bridgehead atoms. The highest BCUT2D eigenvalue weighted by molar-refractivity contribution is 5.65. The minimum atomic E-state index is 0.00396. The zero-order chi connectivity index (χ0) is 27.3. The van der Waals surface area contributed by atoms with Gasteiger partial charge in [-0.1, -0.05) is 55.5 Å². The zero-order valence-electron chi connectivity index (χ0n) is 22.3. The van der Waals surface area contributed by atoms with Crippen LogP contribution in [0.1, 0.15) is 13.3 Å². The molecule has 0 saturated carbocycles. The van der Waals surface area contributed by atoms with Crippen molar-refractivity contribution in [2.24, 2.45) is 5.92 Å². The number of benzene rings is 4. The Kier molecular flexibility index (Phi) is 10.6. The van der Waals surface area contributed by atoms with Crippen molar-refractivity contribution < 1.29 is 29.2 Å². The Morgan fingerprint density at radius 2 is 0.769 bits per heavy atom. The fourth-order valence-electron chi connectivity index (χ4n) is 4.00. The van der Waals surface area contributed by atoms with E-state index in [0.717, 1.165) is 51.7 Å². The maximum atomic E-state index is 8.87. The first-order valence-electron chi connectivity index (χ1n) is 13.3. The van der Waals surface area contributed by atoms with E-state index in [1.165, 1.54) is 0 Å². The molecule has 1 atom stereocenters. The van der Waals surface area contributed by atoms with Crippen molar-refractivity contribution >= 4 is 0 Å². The summed E-state index contributed by atoms with van der Waals surface area (Å²) in [7, 11) is 0. The summed E-state index contributed by atoms with van der Waals surface area (Å²) in [6.07, 6.45) is 0.889. The molecule has 4 aromatic rings. The van der Waals surface area contributed by atoms with Gasteiger partial charge in [0.2, 0.25) is 0 Å². The van der Waals surface area contributed by atoms with Crippen molar-refractivity contribution in [1.82, 2.24) is 0 Å². The number of ether oxygens (including phenoxy) is 4. The Hall–Kier alpha value is -4.00. The molecule has 39 heavy (non-hydrogen) atoms. The third-order valence-electron chi connectivity index (χ3n) is 6.22.